The monoisotopic (exact) mass is 340 g/mol. The van der Waals surface area contributed by atoms with Crippen molar-refractivity contribution < 1.29 is 0 Å². The smallest absolute Gasteiger partial charge is 0.191 e. The number of hydrogen-bond acceptors (Lipinski definition) is 2. The molecule has 2 aromatic rings. The maximum absolute atomic E-state index is 4.21. The first-order chi connectivity index (χ1) is 9.28. The molecule has 0 bridgehead atoms. The third kappa shape index (κ3) is 4.72. The highest BCUT2D eigenvalue weighted by molar-refractivity contribution is 9.10. The van der Waals surface area contributed by atoms with Crippen LogP contribution in [0.25, 0.3) is 0 Å². The Morgan fingerprint density at radius 1 is 1.37 bits per heavy atom. The molecule has 0 amide bonds. The molecule has 0 aliphatic carbocycles. The predicted octanol–water partition coefficient (Wildman–Crippen LogP) is 2.68. The van der Waals surface area contributed by atoms with Crippen molar-refractivity contribution in [2.24, 2.45) is 4.99 Å². The molecule has 0 aliphatic rings. The van der Waals surface area contributed by atoms with Crippen molar-refractivity contribution >= 4 is 33.2 Å². The van der Waals surface area contributed by atoms with Crippen LogP contribution >= 0.6 is 27.3 Å². The van der Waals surface area contributed by atoms with Gasteiger partial charge in [-0.05, 0) is 34.1 Å². The minimum Gasteiger partial charge on any atom is -0.355 e. The molecular formula is C13H17BrN4S. The lowest BCUT2D eigenvalue weighted by atomic mass is 10.4. The van der Waals surface area contributed by atoms with Crippen molar-refractivity contribution in [1.29, 1.82) is 0 Å². The maximum atomic E-state index is 4.21. The van der Waals surface area contributed by atoms with E-state index in [0.717, 1.165) is 30.1 Å². The minimum atomic E-state index is 0.791. The highest BCUT2D eigenvalue weighted by Crippen LogP contribution is 2.19. The van der Waals surface area contributed by atoms with Crippen LogP contribution in [0, 0.1) is 0 Å². The van der Waals surface area contributed by atoms with Gasteiger partial charge < -0.3 is 15.2 Å². The van der Waals surface area contributed by atoms with Gasteiger partial charge in [-0.15, -0.1) is 11.3 Å². The van der Waals surface area contributed by atoms with Gasteiger partial charge in [0.1, 0.15) is 0 Å². The molecule has 2 N–H and O–H groups in total. The van der Waals surface area contributed by atoms with E-state index in [1.165, 1.54) is 4.88 Å². The van der Waals surface area contributed by atoms with Gasteiger partial charge in [0.25, 0.3) is 0 Å². The number of nitrogens with zero attached hydrogens (tertiary/aromatic N) is 2. The average Bonchev–Trinajstić information content (AvgIpc) is 3.05. The maximum Gasteiger partial charge on any atom is 0.191 e. The van der Waals surface area contributed by atoms with Gasteiger partial charge in [-0.2, -0.15) is 0 Å². The minimum absolute atomic E-state index is 0.791. The molecule has 0 radical (unpaired) electrons. The van der Waals surface area contributed by atoms with Gasteiger partial charge in [0.15, 0.2) is 5.96 Å². The summed E-state index contributed by atoms with van der Waals surface area (Å²) in [5.41, 5.74) is 0. The van der Waals surface area contributed by atoms with Crippen molar-refractivity contribution in [3.8, 4) is 0 Å². The van der Waals surface area contributed by atoms with Gasteiger partial charge in [0.2, 0.25) is 0 Å². The Hall–Kier alpha value is -1.27. The number of aliphatic imine (C=N–C) groups is 1. The fourth-order valence-corrected chi connectivity index (χ4v) is 3.05. The van der Waals surface area contributed by atoms with Crippen LogP contribution in [0.4, 0.5) is 0 Å². The van der Waals surface area contributed by atoms with Crippen LogP contribution in [0.2, 0.25) is 0 Å². The molecule has 0 saturated carbocycles. The van der Waals surface area contributed by atoms with Gasteiger partial charge in [-0.25, -0.2) is 0 Å². The fraction of sp³-hybridized carbons (Fsp3) is 0.308. The summed E-state index contributed by atoms with van der Waals surface area (Å²) in [5.74, 6) is 0.830. The molecule has 2 heterocycles. The molecule has 19 heavy (non-hydrogen) atoms. The molecule has 0 fully saturated rings. The summed E-state index contributed by atoms with van der Waals surface area (Å²) in [7, 11) is 1.79. The number of nitrogens with one attached hydrogen (secondary N) is 2. The topological polar surface area (TPSA) is 41.4 Å². The molecule has 0 spiro atoms. The molecule has 2 rings (SSSR count). The quantitative estimate of drug-likeness (QED) is 0.649. The Balaban J connectivity index is 1.71. The average molecular weight is 341 g/mol. The first-order valence-corrected chi connectivity index (χ1v) is 7.73. The van der Waals surface area contributed by atoms with E-state index >= 15 is 0 Å². The Morgan fingerprint density at radius 2 is 2.16 bits per heavy atom. The van der Waals surface area contributed by atoms with E-state index in [0.29, 0.717) is 0 Å². The molecule has 4 nitrogen and oxygen atoms in total. The van der Waals surface area contributed by atoms with Crippen LogP contribution in [0.15, 0.2) is 45.4 Å². The molecule has 0 atom stereocenters. The summed E-state index contributed by atoms with van der Waals surface area (Å²) in [6.45, 7) is 2.57. The van der Waals surface area contributed by atoms with Gasteiger partial charge >= 0.3 is 0 Å². The largest absolute Gasteiger partial charge is 0.355 e. The van der Waals surface area contributed by atoms with Gasteiger partial charge in [0.05, 0.1) is 6.54 Å². The zero-order chi connectivity index (χ0) is 13.5. The number of aromatic nitrogens is 1. The van der Waals surface area contributed by atoms with Crippen LogP contribution in [-0.4, -0.2) is 24.1 Å². The molecule has 0 unspecified atom stereocenters. The Labute approximate surface area is 125 Å². The molecule has 0 aromatic carbocycles. The molecule has 0 aliphatic heterocycles. The first-order valence-electron chi connectivity index (χ1n) is 6.06. The number of halogens is 1. The first kappa shape index (κ1) is 14.1. The van der Waals surface area contributed by atoms with Gasteiger partial charge in [-0.1, -0.05) is 0 Å². The number of thiophene rings is 1. The van der Waals surface area contributed by atoms with E-state index in [9.17, 15) is 0 Å². The third-order valence-corrected chi connectivity index (χ3v) is 4.30. The second-order valence-corrected chi connectivity index (χ2v) is 5.92. The normalized spacial score (nSPS) is 11.6. The Bertz CT molecular complexity index is 518. The van der Waals surface area contributed by atoms with E-state index in [2.05, 4.69) is 60.0 Å². The van der Waals surface area contributed by atoms with Crippen molar-refractivity contribution in [1.82, 2.24) is 15.2 Å². The molecule has 102 valence electrons. The van der Waals surface area contributed by atoms with Crippen LogP contribution < -0.4 is 10.6 Å². The van der Waals surface area contributed by atoms with E-state index < -0.39 is 0 Å². The van der Waals surface area contributed by atoms with Crippen molar-refractivity contribution in [2.75, 3.05) is 13.6 Å². The van der Waals surface area contributed by atoms with Gasteiger partial charge in [-0.3, -0.25) is 4.99 Å². The lowest BCUT2D eigenvalue weighted by Crippen LogP contribution is -2.38. The highest BCUT2D eigenvalue weighted by Gasteiger charge is 2.00. The predicted molar refractivity (Wildman–Crippen MR) is 84.7 cm³/mol. The SMILES string of the molecule is CN=C(NCCn1cccc1)NCc1cc(Br)cs1. The zero-order valence-corrected chi connectivity index (χ0v) is 13.2. The van der Waals surface area contributed by atoms with Crippen molar-refractivity contribution in [2.45, 2.75) is 13.1 Å². The molecular weight excluding hydrogens is 324 g/mol. The van der Waals surface area contributed by atoms with Crippen molar-refractivity contribution in [3.05, 3.63) is 45.3 Å². The van der Waals surface area contributed by atoms with Crippen molar-refractivity contribution in [3.63, 3.8) is 0 Å². The highest BCUT2D eigenvalue weighted by atomic mass is 79.9. The number of guanidine groups is 1. The van der Waals surface area contributed by atoms with Crippen LogP contribution in [0.1, 0.15) is 4.88 Å². The lowest BCUT2D eigenvalue weighted by molar-refractivity contribution is 0.666. The van der Waals surface area contributed by atoms with Crippen LogP contribution in [0.3, 0.4) is 0 Å². The lowest BCUT2D eigenvalue weighted by Gasteiger charge is -2.11. The standard InChI is InChI=1S/C13H17BrN4S/c1-15-13(16-4-7-18-5-2-3-6-18)17-9-12-8-11(14)10-19-12/h2-3,5-6,8,10H,4,7,9H2,1H3,(H2,15,16,17). The summed E-state index contributed by atoms with van der Waals surface area (Å²) >= 11 is 5.18. The molecule has 6 heteroatoms. The van der Waals surface area contributed by atoms with Gasteiger partial charge in [0, 0.05) is 47.3 Å². The summed E-state index contributed by atoms with van der Waals surface area (Å²) < 4.78 is 3.27. The van der Waals surface area contributed by atoms with E-state index in [1.54, 1.807) is 18.4 Å². The number of rotatable bonds is 5. The Morgan fingerprint density at radius 3 is 2.79 bits per heavy atom. The summed E-state index contributed by atoms with van der Waals surface area (Å²) in [4.78, 5) is 5.48. The second-order valence-electron chi connectivity index (χ2n) is 4.00. The van der Waals surface area contributed by atoms with Crippen LogP contribution in [0.5, 0.6) is 0 Å². The van der Waals surface area contributed by atoms with E-state index in [1.807, 2.05) is 12.1 Å². The van der Waals surface area contributed by atoms with E-state index in [-0.39, 0.29) is 0 Å². The van der Waals surface area contributed by atoms with Crippen LogP contribution in [-0.2, 0) is 13.1 Å². The fourth-order valence-electron chi connectivity index (χ4n) is 1.66. The zero-order valence-electron chi connectivity index (χ0n) is 10.8. The van der Waals surface area contributed by atoms with E-state index in [4.69, 9.17) is 0 Å². The summed E-state index contributed by atoms with van der Waals surface area (Å²) in [6, 6.07) is 6.17. The third-order valence-electron chi connectivity index (χ3n) is 2.60. The summed E-state index contributed by atoms with van der Waals surface area (Å²) in [5, 5.41) is 8.68. The molecule has 0 saturated heterocycles. The second kappa shape index (κ2) is 7.35. The molecule has 2 aromatic heterocycles. The Kier molecular flexibility index (Phi) is 5.47. The number of hydrogen-bond donors (Lipinski definition) is 2. The summed E-state index contributed by atoms with van der Waals surface area (Å²) in [6.07, 6.45) is 4.11.